The SMILES string of the molecule is CNCC(C(=O)N(C)c1cc(Br)ccc1F)C(C)C. The predicted molar refractivity (Wildman–Crippen MR) is 79.8 cm³/mol. The summed E-state index contributed by atoms with van der Waals surface area (Å²) in [5.41, 5.74) is 0.293. The fourth-order valence-electron chi connectivity index (χ4n) is 1.94. The standard InChI is InChI=1S/C14H20BrFN2O/c1-9(2)11(8-17-3)14(19)18(4)13-7-10(15)5-6-12(13)16/h5-7,9,11,17H,8H2,1-4H3. The van der Waals surface area contributed by atoms with Gasteiger partial charge in [-0.15, -0.1) is 0 Å². The average Bonchev–Trinajstić information content (AvgIpc) is 2.36. The first-order chi connectivity index (χ1) is 8.88. The van der Waals surface area contributed by atoms with Crippen molar-refractivity contribution in [3.05, 3.63) is 28.5 Å². The molecule has 0 bridgehead atoms. The van der Waals surface area contributed by atoms with Crippen LogP contribution in [-0.4, -0.2) is 26.5 Å². The Labute approximate surface area is 122 Å². The summed E-state index contributed by atoms with van der Waals surface area (Å²) >= 11 is 3.29. The summed E-state index contributed by atoms with van der Waals surface area (Å²) in [6, 6.07) is 4.58. The van der Waals surface area contributed by atoms with E-state index < -0.39 is 5.82 Å². The lowest BCUT2D eigenvalue weighted by Gasteiger charge is -2.26. The van der Waals surface area contributed by atoms with Gasteiger partial charge in [0.15, 0.2) is 0 Å². The van der Waals surface area contributed by atoms with Crippen molar-refractivity contribution >= 4 is 27.5 Å². The molecule has 1 aromatic rings. The summed E-state index contributed by atoms with van der Waals surface area (Å²) in [6.45, 7) is 4.56. The number of hydrogen-bond donors (Lipinski definition) is 1. The molecule has 0 heterocycles. The third-order valence-corrected chi connectivity index (χ3v) is 3.64. The van der Waals surface area contributed by atoms with E-state index in [1.165, 1.54) is 11.0 Å². The smallest absolute Gasteiger partial charge is 0.231 e. The summed E-state index contributed by atoms with van der Waals surface area (Å²) in [7, 11) is 3.42. The summed E-state index contributed by atoms with van der Waals surface area (Å²) in [6.07, 6.45) is 0. The molecule has 1 rings (SSSR count). The van der Waals surface area contributed by atoms with Crippen molar-refractivity contribution in [1.82, 2.24) is 5.32 Å². The molecule has 0 radical (unpaired) electrons. The van der Waals surface area contributed by atoms with Gasteiger partial charge < -0.3 is 10.2 Å². The van der Waals surface area contributed by atoms with Gasteiger partial charge in [0.25, 0.3) is 0 Å². The zero-order valence-electron chi connectivity index (χ0n) is 11.7. The lowest BCUT2D eigenvalue weighted by molar-refractivity contribution is -0.123. The van der Waals surface area contributed by atoms with Gasteiger partial charge in [0, 0.05) is 18.1 Å². The van der Waals surface area contributed by atoms with E-state index >= 15 is 0 Å². The summed E-state index contributed by atoms with van der Waals surface area (Å²) in [5.74, 6) is -0.460. The van der Waals surface area contributed by atoms with Crippen LogP contribution in [0.15, 0.2) is 22.7 Å². The minimum absolute atomic E-state index is 0.0821. The molecule has 3 nitrogen and oxygen atoms in total. The van der Waals surface area contributed by atoms with Crippen molar-refractivity contribution in [1.29, 1.82) is 0 Å². The molecular weight excluding hydrogens is 311 g/mol. The highest BCUT2D eigenvalue weighted by Crippen LogP contribution is 2.25. The highest BCUT2D eigenvalue weighted by Gasteiger charge is 2.26. The Morgan fingerprint density at radius 2 is 2.11 bits per heavy atom. The van der Waals surface area contributed by atoms with Crippen LogP contribution in [0, 0.1) is 17.7 Å². The second-order valence-electron chi connectivity index (χ2n) is 4.90. The first-order valence-electron chi connectivity index (χ1n) is 6.25. The van der Waals surface area contributed by atoms with Gasteiger partial charge in [0.1, 0.15) is 5.82 Å². The van der Waals surface area contributed by atoms with E-state index in [2.05, 4.69) is 21.2 Å². The van der Waals surface area contributed by atoms with Gasteiger partial charge in [0.2, 0.25) is 5.91 Å². The van der Waals surface area contributed by atoms with E-state index in [1.54, 1.807) is 19.2 Å². The van der Waals surface area contributed by atoms with Gasteiger partial charge in [-0.25, -0.2) is 4.39 Å². The molecule has 19 heavy (non-hydrogen) atoms. The average molecular weight is 331 g/mol. The first kappa shape index (κ1) is 16.1. The molecule has 106 valence electrons. The van der Waals surface area contributed by atoms with Gasteiger partial charge in [0.05, 0.1) is 11.6 Å². The molecule has 0 aliphatic carbocycles. The molecule has 5 heteroatoms. The van der Waals surface area contributed by atoms with E-state index in [9.17, 15) is 9.18 Å². The lowest BCUT2D eigenvalue weighted by atomic mass is 9.94. The molecule has 0 aromatic heterocycles. The largest absolute Gasteiger partial charge is 0.319 e. The number of anilines is 1. The number of carbonyl (C=O) groups is 1. The molecule has 1 aromatic carbocycles. The van der Waals surface area contributed by atoms with Crippen LogP contribution in [0.1, 0.15) is 13.8 Å². The number of rotatable bonds is 5. The summed E-state index contributed by atoms with van der Waals surface area (Å²) in [4.78, 5) is 13.8. The van der Waals surface area contributed by atoms with Gasteiger partial charge in [-0.05, 0) is 31.2 Å². The van der Waals surface area contributed by atoms with Crippen LogP contribution >= 0.6 is 15.9 Å². The van der Waals surface area contributed by atoms with E-state index in [1.807, 2.05) is 20.9 Å². The number of hydrogen-bond acceptors (Lipinski definition) is 2. The Morgan fingerprint density at radius 3 is 2.63 bits per heavy atom. The van der Waals surface area contributed by atoms with Crippen molar-refractivity contribution in [3.63, 3.8) is 0 Å². The Bertz CT molecular complexity index is 451. The third-order valence-electron chi connectivity index (χ3n) is 3.15. The molecule has 0 fully saturated rings. The number of amides is 1. The van der Waals surface area contributed by atoms with Crippen LogP contribution in [0.5, 0.6) is 0 Å². The maximum Gasteiger partial charge on any atom is 0.231 e. The minimum atomic E-state index is -0.397. The van der Waals surface area contributed by atoms with Crippen LogP contribution in [0.3, 0.4) is 0 Å². The Kier molecular flexibility index (Phi) is 5.94. The van der Waals surface area contributed by atoms with E-state index in [0.29, 0.717) is 12.2 Å². The molecule has 0 aliphatic rings. The zero-order valence-corrected chi connectivity index (χ0v) is 13.3. The third kappa shape index (κ3) is 4.01. The van der Waals surface area contributed by atoms with Gasteiger partial charge in [-0.1, -0.05) is 29.8 Å². The summed E-state index contributed by atoms with van der Waals surface area (Å²) < 4.78 is 14.5. The van der Waals surface area contributed by atoms with Crippen LogP contribution < -0.4 is 10.2 Å². The molecule has 0 aliphatic heterocycles. The molecule has 1 unspecified atom stereocenters. The second-order valence-corrected chi connectivity index (χ2v) is 5.82. The molecular formula is C14H20BrFN2O. The Balaban J connectivity index is 3.00. The molecule has 1 N–H and O–H groups in total. The van der Waals surface area contributed by atoms with Crippen molar-refractivity contribution in [2.45, 2.75) is 13.8 Å². The normalized spacial score (nSPS) is 12.6. The quantitative estimate of drug-likeness (QED) is 0.899. The maximum atomic E-state index is 13.8. The minimum Gasteiger partial charge on any atom is -0.319 e. The number of benzene rings is 1. The van der Waals surface area contributed by atoms with Crippen molar-refractivity contribution in [2.75, 3.05) is 25.5 Å². The monoisotopic (exact) mass is 330 g/mol. The number of halogens is 2. The highest BCUT2D eigenvalue weighted by molar-refractivity contribution is 9.10. The van der Waals surface area contributed by atoms with Crippen molar-refractivity contribution in [2.24, 2.45) is 11.8 Å². The van der Waals surface area contributed by atoms with Crippen molar-refractivity contribution in [3.8, 4) is 0 Å². The van der Waals surface area contributed by atoms with E-state index in [-0.39, 0.29) is 17.7 Å². The Morgan fingerprint density at radius 1 is 1.47 bits per heavy atom. The van der Waals surface area contributed by atoms with Gasteiger partial charge >= 0.3 is 0 Å². The van der Waals surface area contributed by atoms with Gasteiger partial charge in [-0.3, -0.25) is 4.79 Å². The zero-order chi connectivity index (χ0) is 14.6. The molecule has 0 spiro atoms. The maximum absolute atomic E-state index is 13.8. The van der Waals surface area contributed by atoms with Crippen molar-refractivity contribution < 1.29 is 9.18 Å². The number of nitrogens with one attached hydrogen (secondary N) is 1. The van der Waals surface area contributed by atoms with Crippen LogP contribution in [0.4, 0.5) is 10.1 Å². The number of nitrogens with zero attached hydrogens (tertiary/aromatic N) is 1. The van der Waals surface area contributed by atoms with Gasteiger partial charge in [-0.2, -0.15) is 0 Å². The van der Waals surface area contributed by atoms with E-state index in [4.69, 9.17) is 0 Å². The van der Waals surface area contributed by atoms with Crippen LogP contribution in [0.2, 0.25) is 0 Å². The molecule has 0 saturated carbocycles. The number of carbonyl (C=O) groups excluding carboxylic acids is 1. The van der Waals surface area contributed by atoms with E-state index in [0.717, 1.165) is 4.47 Å². The molecule has 1 atom stereocenters. The predicted octanol–water partition coefficient (Wildman–Crippen LogP) is 3.04. The van der Waals surface area contributed by atoms with Crippen LogP contribution in [-0.2, 0) is 4.79 Å². The van der Waals surface area contributed by atoms with Crippen LogP contribution in [0.25, 0.3) is 0 Å². The second kappa shape index (κ2) is 7.01. The first-order valence-corrected chi connectivity index (χ1v) is 7.05. The molecule has 1 amide bonds. The highest BCUT2D eigenvalue weighted by atomic mass is 79.9. The Hall–Kier alpha value is -0.940. The fraction of sp³-hybridized carbons (Fsp3) is 0.500. The summed E-state index contributed by atoms with van der Waals surface area (Å²) in [5, 5.41) is 3.01. The molecule has 0 saturated heterocycles. The topological polar surface area (TPSA) is 32.3 Å². The fourth-order valence-corrected chi connectivity index (χ4v) is 2.29. The lowest BCUT2D eigenvalue weighted by Crippen LogP contribution is -2.40.